The van der Waals surface area contributed by atoms with Crippen molar-refractivity contribution in [3.05, 3.63) is 0 Å². The average Bonchev–Trinajstić information content (AvgIpc) is 0.889. The van der Waals surface area contributed by atoms with Gasteiger partial charge < -0.3 is 196 Å². The molecule has 21 rings (SSSR count). The molecule has 14 bridgehead atoms. The smallest absolute Gasteiger partial charge is 0.242 e. The van der Waals surface area contributed by atoms with E-state index in [1.807, 2.05) is 0 Å². The van der Waals surface area contributed by atoms with E-state index >= 15 is 0 Å². The number of ether oxygens (including phenoxy) is 14. The molecule has 43 heteroatoms. The van der Waals surface area contributed by atoms with Crippen LogP contribution in [0.2, 0.25) is 0 Å². The van der Waals surface area contributed by atoms with Crippen molar-refractivity contribution in [1.82, 2.24) is 21.3 Å². The van der Waals surface area contributed by atoms with Crippen LogP contribution in [0.15, 0.2) is 0 Å². The molecule has 21 saturated heterocycles. The molecule has 37 atom stereocenters. The van der Waals surface area contributed by atoms with E-state index < -0.39 is 297 Å². The first kappa shape index (κ1) is 111. The lowest BCUT2D eigenvalue weighted by Gasteiger charge is -2.50. The summed E-state index contributed by atoms with van der Waals surface area (Å²) in [7, 11) is 0. The molecule has 129 heavy (non-hydrogen) atoms. The molecule has 43 nitrogen and oxygen atoms in total. The van der Waals surface area contributed by atoms with Crippen LogP contribution in [0.4, 0.5) is 0 Å². The Morgan fingerprint density at radius 3 is 0.628 bits per heavy atom. The van der Waals surface area contributed by atoms with E-state index in [0.29, 0.717) is 38.5 Å². The molecule has 21 heterocycles. The molecular formula is C86H156N6O37. The fraction of sp³-hybridized carbons (Fsp3) is 0.953. The third-order valence-electron chi connectivity index (χ3n) is 25.6. The van der Waals surface area contributed by atoms with Crippen molar-refractivity contribution in [2.75, 3.05) is 59.2 Å². The Bertz CT molecular complexity index is 3030. The van der Waals surface area contributed by atoms with Crippen molar-refractivity contribution in [1.29, 1.82) is 0 Å². The summed E-state index contributed by atoms with van der Waals surface area (Å²) in [6.07, 6.45) is -44.2. The molecule has 21 fully saturated rings. The van der Waals surface area contributed by atoms with E-state index in [1.165, 1.54) is 89.9 Å². The molecule has 0 aliphatic carbocycles. The molecule has 0 aromatic carbocycles. The predicted molar refractivity (Wildman–Crippen MR) is 451 cm³/mol. The van der Waals surface area contributed by atoms with Gasteiger partial charge in [0.25, 0.3) is 0 Å². The average molecular weight is 1870 g/mol. The number of hydrogen-bond donors (Lipinski definition) is 25. The molecule has 4 amide bonds. The summed E-state index contributed by atoms with van der Waals surface area (Å²) in [5.41, 5.74) is 11.7. The second kappa shape index (κ2) is 58.3. The lowest BCUT2D eigenvalue weighted by atomic mass is 9.95. The summed E-state index contributed by atoms with van der Waals surface area (Å²) in [5, 5.41) is 233. The van der Waals surface area contributed by atoms with Gasteiger partial charge in [0.15, 0.2) is 44.0 Å². The van der Waals surface area contributed by atoms with Crippen LogP contribution in [-0.2, 0) is 85.5 Å². The second-order valence-corrected chi connectivity index (χ2v) is 35.6. The number of carbonyl (C=O) groups excluding carboxylic acids is 4. The van der Waals surface area contributed by atoms with Crippen molar-refractivity contribution in [3.8, 4) is 0 Å². The molecule has 0 aromatic heterocycles. The van der Waals surface area contributed by atoms with Gasteiger partial charge in [-0.2, -0.15) is 0 Å². The van der Waals surface area contributed by atoms with E-state index in [4.69, 9.17) is 77.8 Å². The number of aliphatic hydroxyl groups is 19. The summed E-state index contributed by atoms with van der Waals surface area (Å²) < 4.78 is 84.3. The number of amides is 4. The Hall–Kier alpha value is -3.52. The first-order chi connectivity index (χ1) is 62.1. The quantitative estimate of drug-likeness (QED) is 0.0254. The van der Waals surface area contributed by atoms with Crippen molar-refractivity contribution < 1.29 is 183 Å². The molecule has 27 N–H and O–H groups in total. The van der Waals surface area contributed by atoms with Crippen LogP contribution in [0, 0.1) is 0 Å². The summed E-state index contributed by atoms with van der Waals surface area (Å²) in [4.78, 5) is 56.0. The fourth-order valence-electron chi connectivity index (χ4n) is 17.8. The summed E-state index contributed by atoms with van der Waals surface area (Å²) in [5.74, 6) is -2.46. The SMILES string of the molecule is CCCCCCCCCCCCCCCC(=O)NC(CCCCN)C(=O)NCC1OC2OC3C(CO)OC(OC4C(CO)OC(OC5C(CNC(=O)C(CCCCN)NC(=O)CCCCCCCCCCCCCCC)OC(OC6C(CO)OC(OC7C(CO)OC(OC8C(CO)OC(OC1C(O)C2O)C(O)C8O)C(O)C7O)C(O)C6O)C(O)C5O)C(O)C4O)C(O)C3O. The van der Waals surface area contributed by atoms with Gasteiger partial charge in [0.2, 0.25) is 23.6 Å². The maximum Gasteiger partial charge on any atom is 0.242 e. The monoisotopic (exact) mass is 1870 g/mol. The number of nitrogens with one attached hydrogen (secondary N) is 4. The van der Waals surface area contributed by atoms with Gasteiger partial charge in [-0.15, -0.1) is 0 Å². The lowest BCUT2D eigenvalue weighted by molar-refractivity contribution is -0.395. The van der Waals surface area contributed by atoms with Crippen LogP contribution >= 0.6 is 0 Å². The summed E-state index contributed by atoms with van der Waals surface area (Å²) >= 11 is 0. The van der Waals surface area contributed by atoms with Crippen LogP contribution in [0.3, 0.4) is 0 Å². The number of nitrogens with two attached hydrogens (primary N) is 2. The molecule has 0 spiro atoms. The van der Waals surface area contributed by atoms with Gasteiger partial charge in [-0.25, -0.2) is 0 Å². The van der Waals surface area contributed by atoms with Gasteiger partial charge in [-0.3, -0.25) is 19.2 Å². The zero-order valence-corrected chi connectivity index (χ0v) is 74.8. The minimum absolute atomic E-state index is 0.0820. The standard InChI is InChI=1S/C86H156N6O37/c1-3-5-7-9-11-13-15-17-19-21-23-25-27-35-55(98)91-46(33-29-31-37-87)78(114)89-39-48-71-58(101)65(108)81(117-48)126-74-51(42-94)121-85(69(112)62(74)105)129-77-54(45-97)122-86(70(113)63(77)106)128-76-53(44-96)119-83(67(110)60(76)103)124-72-49(40-90-79(115)47(34-30-32-38-88)92-56(99)36-28-26-24-22-20-18-16-14-12-10-8-6-4-2)116-80(64(107)57(72)100)125-73-50(41-93)120-84(68(111)61(73)104)127-75-52(43-95)118-82(123-71)66(109)59(75)102/h46-54,57-77,80-86,93-97,100-113H,3-45,87-88H2,1-2H3,(H,89,114)(H,90,115)(H,91,98)(H,92,99). The first-order valence-corrected chi connectivity index (χ1v) is 47.4. The summed E-state index contributed by atoms with van der Waals surface area (Å²) in [6.45, 7) is -2.18. The Balaban J connectivity index is 1.05. The Kier molecular flexibility index (Phi) is 50.0. The largest absolute Gasteiger partial charge is 0.394 e. The highest BCUT2D eigenvalue weighted by Crippen LogP contribution is 2.40. The molecule has 0 radical (unpaired) electrons. The van der Waals surface area contributed by atoms with Crippen molar-refractivity contribution >= 4 is 23.6 Å². The number of hydrogen-bond acceptors (Lipinski definition) is 39. The normalized spacial score (nSPS) is 38.1. The van der Waals surface area contributed by atoms with Crippen molar-refractivity contribution in [2.24, 2.45) is 11.5 Å². The predicted octanol–water partition coefficient (Wildman–Crippen LogP) is -4.79. The van der Waals surface area contributed by atoms with Crippen LogP contribution in [0.25, 0.3) is 0 Å². The van der Waals surface area contributed by atoms with E-state index in [-0.39, 0.29) is 38.8 Å². The minimum atomic E-state index is -2.33. The lowest BCUT2D eigenvalue weighted by Crippen LogP contribution is -2.68. The van der Waals surface area contributed by atoms with Gasteiger partial charge in [-0.05, 0) is 64.5 Å². The number of unbranched alkanes of at least 4 members (excludes halogenated alkanes) is 26. The van der Waals surface area contributed by atoms with Crippen LogP contribution in [0.5, 0.6) is 0 Å². The highest BCUT2D eigenvalue weighted by molar-refractivity contribution is 5.88. The van der Waals surface area contributed by atoms with Gasteiger partial charge in [-0.1, -0.05) is 168 Å². The topological polar surface area (TPSA) is 682 Å². The van der Waals surface area contributed by atoms with E-state index in [1.54, 1.807) is 0 Å². The molecular weight excluding hydrogens is 1710 g/mol. The third kappa shape index (κ3) is 32.3. The van der Waals surface area contributed by atoms with Crippen LogP contribution < -0.4 is 32.7 Å². The van der Waals surface area contributed by atoms with Gasteiger partial charge in [0.05, 0.1) is 33.0 Å². The van der Waals surface area contributed by atoms with E-state index in [2.05, 4.69) is 35.1 Å². The van der Waals surface area contributed by atoms with Crippen LogP contribution in [-0.4, -0.2) is 407 Å². The molecule has 752 valence electrons. The van der Waals surface area contributed by atoms with Crippen LogP contribution in [0.1, 0.15) is 232 Å². The number of rotatable bonds is 49. The zero-order chi connectivity index (χ0) is 93.8. The maximum absolute atomic E-state index is 14.4. The zero-order valence-electron chi connectivity index (χ0n) is 74.8. The first-order valence-electron chi connectivity index (χ1n) is 47.4. The van der Waals surface area contributed by atoms with Crippen molar-refractivity contribution in [3.63, 3.8) is 0 Å². The Morgan fingerprint density at radius 1 is 0.248 bits per heavy atom. The molecule has 21 aliphatic rings. The Labute approximate surface area is 754 Å². The molecule has 37 unspecified atom stereocenters. The Morgan fingerprint density at radius 2 is 0.434 bits per heavy atom. The van der Waals surface area contributed by atoms with E-state index in [0.717, 1.165) is 64.2 Å². The fourth-order valence-corrected chi connectivity index (χ4v) is 17.8. The third-order valence-corrected chi connectivity index (χ3v) is 25.6. The molecule has 21 aliphatic heterocycles. The molecule has 0 aromatic rings. The maximum atomic E-state index is 14.4. The minimum Gasteiger partial charge on any atom is -0.394 e. The molecule has 0 saturated carbocycles. The van der Waals surface area contributed by atoms with Gasteiger partial charge >= 0.3 is 0 Å². The highest BCUT2D eigenvalue weighted by atomic mass is 16.8. The number of aliphatic hydroxyl groups excluding tert-OH is 19. The highest BCUT2D eigenvalue weighted by Gasteiger charge is 2.60. The van der Waals surface area contributed by atoms with Gasteiger partial charge in [0.1, 0.15) is 183 Å². The van der Waals surface area contributed by atoms with E-state index in [9.17, 15) is 116 Å². The summed E-state index contributed by atoms with van der Waals surface area (Å²) in [6, 6.07) is -2.39. The number of carbonyl (C=O) groups is 4. The van der Waals surface area contributed by atoms with Gasteiger partial charge in [0, 0.05) is 25.9 Å². The van der Waals surface area contributed by atoms with Crippen molar-refractivity contribution in [2.45, 2.75) is 459 Å². The second-order valence-electron chi connectivity index (χ2n) is 35.6.